The van der Waals surface area contributed by atoms with Crippen molar-refractivity contribution in [1.82, 2.24) is 0 Å². The number of carboxylic acids is 1. The van der Waals surface area contributed by atoms with E-state index in [1.807, 2.05) is 6.08 Å². The van der Waals surface area contributed by atoms with Gasteiger partial charge < -0.3 is 5.11 Å². The summed E-state index contributed by atoms with van der Waals surface area (Å²) in [4.78, 5) is 10.8. The first-order chi connectivity index (χ1) is 6.66. The summed E-state index contributed by atoms with van der Waals surface area (Å²) in [7, 11) is 0. The Balaban J connectivity index is 2.26. The fourth-order valence-corrected chi connectivity index (χ4v) is 2.43. The average molecular weight is 192 g/mol. The van der Waals surface area contributed by atoms with Gasteiger partial charge in [-0.25, -0.2) is 4.79 Å². The number of allylic oxidation sites excluding steroid dienone is 3. The Hall–Kier alpha value is -1.05. The second-order valence-corrected chi connectivity index (χ2v) is 4.43. The van der Waals surface area contributed by atoms with E-state index >= 15 is 0 Å². The molecule has 0 saturated carbocycles. The lowest BCUT2D eigenvalue weighted by Gasteiger charge is -2.29. The van der Waals surface area contributed by atoms with Crippen LogP contribution in [0.1, 0.15) is 32.6 Å². The van der Waals surface area contributed by atoms with E-state index in [0.717, 1.165) is 12.8 Å². The molecule has 2 aliphatic rings. The van der Waals surface area contributed by atoms with Gasteiger partial charge in [-0.15, -0.1) is 0 Å². The number of carboxylic acid groups (broad SMARTS) is 1. The van der Waals surface area contributed by atoms with Crippen molar-refractivity contribution in [3.05, 3.63) is 23.3 Å². The number of hydrogen-bond acceptors (Lipinski definition) is 1. The van der Waals surface area contributed by atoms with Crippen molar-refractivity contribution in [2.45, 2.75) is 32.6 Å². The van der Waals surface area contributed by atoms with Gasteiger partial charge in [-0.3, -0.25) is 0 Å². The summed E-state index contributed by atoms with van der Waals surface area (Å²) in [6.07, 6.45) is 8.39. The fraction of sp³-hybridized carbons (Fsp3) is 0.583. The van der Waals surface area contributed by atoms with Crippen molar-refractivity contribution in [2.75, 3.05) is 0 Å². The minimum Gasteiger partial charge on any atom is -0.478 e. The van der Waals surface area contributed by atoms with Crippen LogP contribution in [-0.2, 0) is 4.79 Å². The number of rotatable bonds is 1. The Morgan fingerprint density at radius 2 is 2.21 bits per heavy atom. The molecular weight excluding hydrogens is 176 g/mol. The highest BCUT2D eigenvalue weighted by atomic mass is 16.4. The first-order valence-electron chi connectivity index (χ1n) is 5.32. The summed E-state index contributed by atoms with van der Waals surface area (Å²) < 4.78 is 0. The standard InChI is InChI=1S/C12H16O2/c1-8-2-3-9-4-5-10(12(13)14)7-11(9)6-8/h6-9H,2-5H2,1H3,(H,13,14)/t8-,9?/m1/s1. The predicted octanol–water partition coefficient (Wildman–Crippen LogP) is 2.76. The minimum atomic E-state index is -0.748. The molecule has 0 saturated heterocycles. The summed E-state index contributed by atoms with van der Waals surface area (Å²) >= 11 is 0. The van der Waals surface area contributed by atoms with Crippen LogP contribution in [0.15, 0.2) is 23.3 Å². The molecule has 0 fully saturated rings. The minimum absolute atomic E-state index is 0.585. The van der Waals surface area contributed by atoms with E-state index in [2.05, 4.69) is 13.0 Å². The van der Waals surface area contributed by atoms with Crippen LogP contribution in [0.5, 0.6) is 0 Å². The molecule has 2 atom stereocenters. The van der Waals surface area contributed by atoms with Gasteiger partial charge in [0.05, 0.1) is 0 Å². The van der Waals surface area contributed by atoms with Gasteiger partial charge in [-0.05, 0) is 49.2 Å². The van der Waals surface area contributed by atoms with Crippen molar-refractivity contribution in [3.8, 4) is 0 Å². The van der Waals surface area contributed by atoms with Gasteiger partial charge in [-0.2, -0.15) is 0 Å². The van der Waals surface area contributed by atoms with E-state index in [1.54, 1.807) is 0 Å². The molecule has 0 radical (unpaired) electrons. The first kappa shape index (κ1) is 9.50. The van der Waals surface area contributed by atoms with E-state index in [4.69, 9.17) is 5.11 Å². The molecule has 2 heteroatoms. The fourth-order valence-electron chi connectivity index (χ4n) is 2.43. The maximum Gasteiger partial charge on any atom is 0.331 e. The normalized spacial score (nSPS) is 31.5. The molecule has 0 amide bonds. The van der Waals surface area contributed by atoms with Crippen molar-refractivity contribution >= 4 is 5.97 Å². The summed E-state index contributed by atoms with van der Waals surface area (Å²) in [5.41, 5.74) is 1.86. The van der Waals surface area contributed by atoms with Crippen LogP contribution in [0.25, 0.3) is 0 Å². The Morgan fingerprint density at radius 3 is 2.93 bits per heavy atom. The van der Waals surface area contributed by atoms with Crippen LogP contribution in [-0.4, -0.2) is 11.1 Å². The molecule has 0 heterocycles. The summed E-state index contributed by atoms with van der Waals surface area (Å²) in [5.74, 6) is 0.502. The van der Waals surface area contributed by atoms with Crippen LogP contribution in [0.3, 0.4) is 0 Å². The van der Waals surface area contributed by atoms with E-state index in [0.29, 0.717) is 17.4 Å². The molecule has 1 unspecified atom stereocenters. The van der Waals surface area contributed by atoms with Gasteiger partial charge in [0.2, 0.25) is 0 Å². The Labute approximate surface area is 84.3 Å². The molecule has 2 rings (SSSR count). The summed E-state index contributed by atoms with van der Waals surface area (Å²) in [6.45, 7) is 2.20. The molecular formula is C12H16O2. The smallest absolute Gasteiger partial charge is 0.331 e. The molecule has 0 bridgehead atoms. The number of hydrogen-bond donors (Lipinski definition) is 1. The van der Waals surface area contributed by atoms with Crippen molar-refractivity contribution in [1.29, 1.82) is 0 Å². The van der Waals surface area contributed by atoms with E-state index in [9.17, 15) is 4.79 Å². The second kappa shape index (κ2) is 3.60. The van der Waals surface area contributed by atoms with Crippen LogP contribution >= 0.6 is 0 Å². The van der Waals surface area contributed by atoms with Crippen LogP contribution in [0.4, 0.5) is 0 Å². The van der Waals surface area contributed by atoms with Crippen LogP contribution in [0.2, 0.25) is 0 Å². The molecule has 2 aliphatic carbocycles. The highest BCUT2D eigenvalue weighted by molar-refractivity contribution is 5.87. The zero-order valence-corrected chi connectivity index (χ0v) is 8.49. The van der Waals surface area contributed by atoms with E-state index < -0.39 is 5.97 Å². The van der Waals surface area contributed by atoms with Crippen LogP contribution in [0, 0.1) is 11.8 Å². The molecule has 14 heavy (non-hydrogen) atoms. The van der Waals surface area contributed by atoms with Gasteiger partial charge in [0.15, 0.2) is 0 Å². The first-order valence-corrected chi connectivity index (χ1v) is 5.32. The van der Waals surface area contributed by atoms with Gasteiger partial charge in [-0.1, -0.05) is 13.0 Å². The Kier molecular flexibility index (Phi) is 2.44. The topological polar surface area (TPSA) is 37.3 Å². The predicted molar refractivity (Wildman–Crippen MR) is 54.9 cm³/mol. The monoisotopic (exact) mass is 192 g/mol. The summed E-state index contributed by atoms with van der Waals surface area (Å²) in [5, 5.41) is 8.90. The maximum absolute atomic E-state index is 10.8. The van der Waals surface area contributed by atoms with Gasteiger partial charge in [0.1, 0.15) is 0 Å². The third-order valence-corrected chi connectivity index (χ3v) is 3.30. The number of carbonyl (C=O) groups is 1. The van der Waals surface area contributed by atoms with E-state index in [-0.39, 0.29) is 0 Å². The second-order valence-electron chi connectivity index (χ2n) is 4.43. The molecule has 0 aromatic rings. The molecule has 0 spiro atoms. The number of fused-ring (bicyclic) bond motifs is 1. The number of aliphatic carboxylic acids is 1. The van der Waals surface area contributed by atoms with Gasteiger partial charge in [0, 0.05) is 5.57 Å². The van der Waals surface area contributed by atoms with Crippen molar-refractivity contribution < 1.29 is 9.90 Å². The highest BCUT2D eigenvalue weighted by Crippen LogP contribution is 2.37. The lowest BCUT2D eigenvalue weighted by molar-refractivity contribution is -0.132. The van der Waals surface area contributed by atoms with Gasteiger partial charge >= 0.3 is 5.97 Å². The lowest BCUT2D eigenvalue weighted by Crippen LogP contribution is -2.18. The molecule has 76 valence electrons. The molecule has 2 nitrogen and oxygen atoms in total. The zero-order chi connectivity index (χ0) is 10.1. The molecule has 0 aromatic carbocycles. The average Bonchev–Trinajstić information content (AvgIpc) is 2.16. The zero-order valence-electron chi connectivity index (χ0n) is 8.49. The van der Waals surface area contributed by atoms with E-state index in [1.165, 1.54) is 18.4 Å². The van der Waals surface area contributed by atoms with Crippen molar-refractivity contribution in [2.24, 2.45) is 11.8 Å². The molecule has 1 N–H and O–H groups in total. The largest absolute Gasteiger partial charge is 0.478 e. The highest BCUT2D eigenvalue weighted by Gasteiger charge is 2.25. The lowest BCUT2D eigenvalue weighted by atomic mass is 9.76. The molecule has 0 aliphatic heterocycles. The SMILES string of the molecule is C[C@H]1C=C2C=C(C(=O)O)CCC2CC1. The Bertz CT molecular complexity index is 312. The van der Waals surface area contributed by atoms with Gasteiger partial charge in [0.25, 0.3) is 0 Å². The third-order valence-electron chi connectivity index (χ3n) is 3.30. The van der Waals surface area contributed by atoms with Crippen LogP contribution < -0.4 is 0 Å². The quantitative estimate of drug-likeness (QED) is 0.693. The van der Waals surface area contributed by atoms with Crippen molar-refractivity contribution in [3.63, 3.8) is 0 Å². The summed E-state index contributed by atoms with van der Waals surface area (Å²) in [6, 6.07) is 0. The maximum atomic E-state index is 10.8. The Morgan fingerprint density at radius 1 is 1.43 bits per heavy atom. The molecule has 0 aromatic heterocycles. The third kappa shape index (κ3) is 1.74.